The molecule has 10 nitrogen and oxygen atoms in total. The summed E-state index contributed by atoms with van der Waals surface area (Å²) in [7, 11) is -6.44. The first-order chi connectivity index (χ1) is 19.8. The number of likely N-dealkylation sites (N-methyl/N-ethyl adjacent to an activating group) is 1. The van der Waals surface area contributed by atoms with Gasteiger partial charge in [-0.15, -0.1) is 0 Å². The Balaban J connectivity index is 1.68. The van der Waals surface area contributed by atoms with E-state index in [1.807, 2.05) is 6.92 Å². The molecule has 0 aliphatic carbocycles. The average molecular weight is 620 g/mol. The maximum absolute atomic E-state index is 13.4. The minimum absolute atomic E-state index is 0.0354. The van der Waals surface area contributed by atoms with Crippen LogP contribution in [-0.2, 0) is 31.3 Å². The fraction of sp³-hybridized carbons (Fsp3) is 0.345. The highest BCUT2D eigenvalue weighted by Gasteiger charge is 2.33. The van der Waals surface area contributed by atoms with Gasteiger partial charge in [0.15, 0.2) is 0 Å². The number of hydrogen-bond acceptors (Lipinski definition) is 7. The number of fused-ring (bicyclic) bond motifs is 1. The van der Waals surface area contributed by atoms with E-state index in [1.54, 1.807) is 25.1 Å². The van der Waals surface area contributed by atoms with Crippen LogP contribution < -0.4 is 9.46 Å². The first kappa shape index (κ1) is 31.4. The van der Waals surface area contributed by atoms with Crippen LogP contribution in [0.4, 0.5) is 10.1 Å². The van der Waals surface area contributed by atoms with Crippen molar-refractivity contribution in [2.24, 2.45) is 5.92 Å². The SMILES string of the molecule is C[C@H](CO)N1C[C@H](C)[C@@H](CN(C)S(=O)(=O)c2ccccc2)Oc2ccc(NS(=O)(=O)c3ccc(F)cc3)cc2CC1=O. The van der Waals surface area contributed by atoms with Crippen molar-refractivity contribution in [3.63, 3.8) is 0 Å². The van der Waals surface area contributed by atoms with Crippen molar-refractivity contribution < 1.29 is 35.9 Å². The summed E-state index contributed by atoms with van der Waals surface area (Å²) >= 11 is 0. The van der Waals surface area contributed by atoms with Crippen LogP contribution >= 0.6 is 0 Å². The van der Waals surface area contributed by atoms with E-state index in [4.69, 9.17) is 4.74 Å². The lowest BCUT2D eigenvalue weighted by Crippen LogP contribution is -2.48. The number of nitrogens with one attached hydrogen (secondary N) is 1. The maximum atomic E-state index is 13.4. The number of aliphatic hydroxyl groups is 1. The molecule has 3 aromatic rings. The third-order valence-corrected chi connectivity index (χ3v) is 10.4. The number of aliphatic hydroxyl groups excluding tert-OH is 1. The molecule has 0 unspecified atom stereocenters. The third kappa shape index (κ3) is 7.09. The molecule has 0 fully saturated rings. The normalized spacial score (nSPS) is 18.8. The number of amides is 1. The Kier molecular flexibility index (Phi) is 9.56. The number of sulfonamides is 2. The number of anilines is 1. The molecule has 3 atom stereocenters. The minimum atomic E-state index is -4.06. The van der Waals surface area contributed by atoms with Crippen LogP contribution in [0.5, 0.6) is 5.75 Å². The largest absolute Gasteiger partial charge is 0.488 e. The molecule has 0 spiro atoms. The van der Waals surface area contributed by atoms with Crippen molar-refractivity contribution in [1.29, 1.82) is 0 Å². The molecular formula is C29H34FN3O7S2. The predicted molar refractivity (Wildman–Crippen MR) is 155 cm³/mol. The number of carbonyl (C=O) groups excluding carboxylic acids is 1. The number of carbonyl (C=O) groups is 1. The Morgan fingerprint density at radius 3 is 2.36 bits per heavy atom. The van der Waals surface area contributed by atoms with Gasteiger partial charge >= 0.3 is 0 Å². The fourth-order valence-electron chi connectivity index (χ4n) is 4.66. The van der Waals surface area contributed by atoms with Gasteiger partial charge in [-0.05, 0) is 61.5 Å². The summed E-state index contributed by atoms with van der Waals surface area (Å²) in [5, 5.41) is 9.85. The Morgan fingerprint density at radius 1 is 1.05 bits per heavy atom. The van der Waals surface area contributed by atoms with Crippen molar-refractivity contribution in [3.05, 3.63) is 84.2 Å². The van der Waals surface area contributed by atoms with Crippen molar-refractivity contribution in [2.75, 3.05) is 31.5 Å². The molecule has 1 heterocycles. The number of nitrogens with zero attached hydrogens (tertiary/aromatic N) is 2. The van der Waals surface area contributed by atoms with Gasteiger partial charge in [-0.2, -0.15) is 4.31 Å². The number of rotatable bonds is 9. The van der Waals surface area contributed by atoms with Crippen molar-refractivity contribution in [2.45, 2.75) is 42.2 Å². The van der Waals surface area contributed by atoms with E-state index in [-0.39, 0.29) is 53.4 Å². The zero-order chi connectivity index (χ0) is 30.7. The molecule has 0 bridgehead atoms. The first-order valence-electron chi connectivity index (χ1n) is 13.3. The zero-order valence-corrected chi connectivity index (χ0v) is 25.1. The lowest BCUT2D eigenvalue weighted by Gasteiger charge is -2.33. The highest BCUT2D eigenvalue weighted by atomic mass is 32.2. The van der Waals surface area contributed by atoms with Gasteiger partial charge in [-0.1, -0.05) is 25.1 Å². The quantitative estimate of drug-likeness (QED) is 0.376. The summed E-state index contributed by atoms with van der Waals surface area (Å²) in [5.74, 6) is -0.931. The summed E-state index contributed by atoms with van der Waals surface area (Å²) in [6, 6.07) is 16.3. The minimum Gasteiger partial charge on any atom is -0.488 e. The summed E-state index contributed by atoms with van der Waals surface area (Å²) in [6.45, 7) is 3.43. The molecule has 1 amide bonds. The van der Waals surface area contributed by atoms with E-state index in [0.29, 0.717) is 11.3 Å². The molecule has 226 valence electrons. The van der Waals surface area contributed by atoms with Gasteiger partial charge < -0.3 is 14.7 Å². The van der Waals surface area contributed by atoms with E-state index in [0.717, 1.165) is 24.3 Å². The lowest BCUT2D eigenvalue weighted by atomic mass is 10.0. The van der Waals surface area contributed by atoms with E-state index < -0.39 is 38.0 Å². The van der Waals surface area contributed by atoms with Crippen LogP contribution in [0.2, 0.25) is 0 Å². The summed E-state index contributed by atoms with van der Waals surface area (Å²) < 4.78 is 75.6. The maximum Gasteiger partial charge on any atom is 0.261 e. The van der Waals surface area contributed by atoms with E-state index in [1.165, 1.54) is 46.6 Å². The molecule has 0 radical (unpaired) electrons. The van der Waals surface area contributed by atoms with Gasteiger partial charge in [0, 0.05) is 30.8 Å². The summed E-state index contributed by atoms with van der Waals surface area (Å²) in [6.07, 6.45) is -0.850. The second-order valence-corrected chi connectivity index (χ2v) is 14.1. The van der Waals surface area contributed by atoms with Crippen LogP contribution in [0.1, 0.15) is 19.4 Å². The van der Waals surface area contributed by atoms with Gasteiger partial charge in [-0.3, -0.25) is 9.52 Å². The number of hydrogen-bond donors (Lipinski definition) is 2. The molecule has 4 rings (SSSR count). The zero-order valence-electron chi connectivity index (χ0n) is 23.5. The molecule has 13 heteroatoms. The molecule has 0 saturated carbocycles. The van der Waals surface area contributed by atoms with Gasteiger partial charge in [0.1, 0.15) is 17.7 Å². The van der Waals surface area contributed by atoms with Crippen LogP contribution in [0.25, 0.3) is 0 Å². The van der Waals surface area contributed by atoms with Crippen molar-refractivity contribution in [1.82, 2.24) is 9.21 Å². The smallest absolute Gasteiger partial charge is 0.261 e. The fourth-order valence-corrected chi connectivity index (χ4v) is 6.92. The van der Waals surface area contributed by atoms with Gasteiger partial charge in [0.25, 0.3) is 10.0 Å². The Hall–Kier alpha value is -3.52. The predicted octanol–water partition coefficient (Wildman–Crippen LogP) is 3.10. The Bertz CT molecular complexity index is 1620. The first-order valence-corrected chi connectivity index (χ1v) is 16.2. The van der Waals surface area contributed by atoms with Gasteiger partial charge in [-0.25, -0.2) is 21.2 Å². The second kappa shape index (κ2) is 12.8. The van der Waals surface area contributed by atoms with Crippen LogP contribution in [0, 0.1) is 11.7 Å². The number of benzene rings is 3. The monoisotopic (exact) mass is 619 g/mol. The summed E-state index contributed by atoms with van der Waals surface area (Å²) in [4.78, 5) is 14.9. The van der Waals surface area contributed by atoms with E-state index in [9.17, 15) is 31.1 Å². The number of halogens is 1. The molecule has 1 aliphatic rings. The van der Waals surface area contributed by atoms with Gasteiger partial charge in [0.05, 0.1) is 35.4 Å². The summed E-state index contributed by atoms with van der Waals surface area (Å²) in [5.41, 5.74) is 0.533. The molecule has 0 saturated heterocycles. The second-order valence-electron chi connectivity index (χ2n) is 10.4. The van der Waals surface area contributed by atoms with Crippen LogP contribution in [0.15, 0.2) is 82.6 Å². The standard InChI is InChI=1S/C29H34FN3O7S2/c1-20-17-33(21(2)19-34)29(35)16-22-15-24(31-41(36,37)25-12-9-23(30)10-13-25)11-14-27(22)40-28(20)18-32(3)42(38,39)26-7-5-4-6-8-26/h4-15,20-21,28,31,34H,16-19H2,1-3H3/t20-,21+,28+/m0/s1. The third-order valence-electron chi connectivity index (χ3n) is 7.18. The Morgan fingerprint density at radius 2 is 1.71 bits per heavy atom. The Labute approximate surface area is 245 Å². The van der Waals surface area contributed by atoms with E-state index in [2.05, 4.69) is 4.72 Å². The van der Waals surface area contributed by atoms with Crippen LogP contribution in [0.3, 0.4) is 0 Å². The number of ether oxygens (including phenoxy) is 1. The van der Waals surface area contributed by atoms with Crippen LogP contribution in [-0.4, -0.2) is 75.9 Å². The molecule has 42 heavy (non-hydrogen) atoms. The molecule has 0 aromatic heterocycles. The lowest BCUT2D eigenvalue weighted by molar-refractivity contribution is -0.134. The van der Waals surface area contributed by atoms with Gasteiger partial charge in [0.2, 0.25) is 15.9 Å². The molecule has 2 N–H and O–H groups in total. The molecule has 3 aromatic carbocycles. The molecular weight excluding hydrogens is 585 g/mol. The highest BCUT2D eigenvalue weighted by Crippen LogP contribution is 2.30. The molecule has 1 aliphatic heterocycles. The highest BCUT2D eigenvalue weighted by molar-refractivity contribution is 7.92. The average Bonchev–Trinajstić information content (AvgIpc) is 3.00. The van der Waals surface area contributed by atoms with Crippen molar-refractivity contribution >= 4 is 31.6 Å². The van der Waals surface area contributed by atoms with E-state index >= 15 is 0 Å². The topological polar surface area (TPSA) is 133 Å². The van der Waals surface area contributed by atoms with Crippen molar-refractivity contribution in [3.8, 4) is 5.75 Å².